The molecule has 0 radical (unpaired) electrons. The lowest BCUT2D eigenvalue weighted by Gasteiger charge is -2.16. The van der Waals surface area contributed by atoms with Gasteiger partial charge in [0.2, 0.25) is 0 Å². The molecule has 0 aliphatic heterocycles. The van der Waals surface area contributed by atoms with Gasteiger partial charge in [0.25, 0.3) is 0 Å². The van der Waals surface area contributed by atoms with Crippen LogP contribution in [0.2, 0.25) is 0 Å². The molecular formula is C19H19N3. The van der Waals surface area contributed by atoms with Crippen LogP contribution < -0.4 is 4.90 Å². The second-order valence-corrected chi connectivity index (χ2v) is 5.53. The van der Waals surface area contributed by atoms with E-state index in [2.05, 4.69) is 53.5 Å². The van der Waals surface area contributed by atoms with Gasteiger partial charge in [-0.25, -0.2) is 0 Å². The van der Waals surface area contributed by atoms with Crippen LogP contribution in [0, 0.1) is 6.92 Å². The fourth-order valence-electron chi connectivity index (χ4n) is 2.53. The first kappa shape index (κ1) is 14.3. The van der Waals surface area contributed by atoms with Crippen LogP contribution in [-0.4, -0.2) is 14.1 Å². The molecule has 0 unspecified atom stereocenters. The highest BCUT2D eigenvalue weighted by Gasteiger charge is 2.06. The molecule has 0 bridgehead atoms. The molecule has 0 atom stereocenters. The Morgan fingerprint density at radius 2 is 1.32 bits per heavy atom. The van der Waals surface area contributed by atoms with E-state index in [0.29, 0.717) is 0 Å². The molecule has 3 aromatic carbocycles. The number of hydrogen-bond acceptors (Lipinski definition) is 3. The van der Waals surface area contributed by atoms with Crippen molar-refractivity contribution >= 4 is 27.8 Å². The Morgan fingerprint density at radius 3 is 2.05 bits per heavy atom. The van der Waals surface area contributed by atoms with Crippen molar-refractivity contribution in [3.8, 4) is 0 Å². The summed E-state index contributed by atoms with van der Waals surface area (Å²) in [6.07, 6.45) is 0. The van der Waals surface area contributed by atoms with Crippen LogP contribution in [0.15, 0.2) is 70.9 Å². The third-order valence-electron chi connectivity index (χ3n) is 3.74. The first-order chi connectivity index (χ1) is 10.7. The van der Waals surface area contributed by atoms with Crippen molar-refractivity contribution in [3.05, 3.63) is 66.2 Å². The molecule has 0 saturated heterocycles. The SMILES string of the molecule is Cc1ccccc1N=Nc1ccc(N(C)C)c2ccccc12. The smallest absolute Gasteiger partial charge is 0.0936 e. The number of azo groups is 1. The Balaban J connectivity index is 2.09. The van der Waals surface area contributed by atoms with Crippen LogP contribution in [0.1, 0.15) is 5.56 Å². The van der Waals surface area contributed by atoms with E-state index in [1.807, 2.05) is 43.3 Å². The molecule has 0 heterocycles. The lowest BCUT2D eigenvalue weighted by Crippen LogP contribution is -2.08. The second kappa shape index (κ2) is 5.98. The van der Waals surface area contributed by atoms with Gasteiger partial charge in [0, 0.05) is 30.6 Å². The number of fused-ring (bicyclic) bond motifs is 1. The van der Waals surface area contributed by atoms with Gasteiger partial charge in [-0.1, -0.05) is 42.5 Å². The Labute approximate surface area is 130 Å². The minimum absolute atomic E-state index is 0.893. The predicted molar refractivity (Wildman–Crippen MR) is 93.6 cm³/mol. The zero-order valence-corrected chi connectivity index (χ0v) is 13.1. The summed E-state index contributed by atoms with van der Waals surface area (Å²) in [4.78, 5) is 2.12. The van der Waals surface area contributed by atoms with Crippen LogP contribution in [0.3, 0.4) is 0 Å². The maximum atomic E-state index is 4.47. The Hall–Kier alpha value is -2.68. The van der Waals surface area contributed by atoms with E-state index >= 15 is 0 Å². The lowest BCUT2D eigenvalue weighted by atomic mass is 10.1. The monoisotopic (exact) mass is 289 g/mol. The number of benzene rings is 3. The van der Waals surface area contributed by atoms with Crippen molar-refractivity contribution in [1.29, 1.82) is 0 Å². The molecule has 0 saturated carbocycles. The number of aryl methyl sites for hydroxylation is 1. The van der Waals surface area contributed by atoms with Gasteiger partial charge in [0.15, 0.2) is 0 Å². The van der Waals surface area contributed by atoms with E-state index in [-0.39, 0.29) is 0 Å². The standard InChI is InChI=1S/C19H19N3/c1-14-8-4-7-11-17(14)20-21-18-12-13-19(22(2)3)16-10-6-5-9-15(16)18/h4-13H,1-3H3. The predicted octanol–water partition coefficient (Wildman–Crippen LogP) is 5.63. The van der Waals surface area contributed by atoms with Gasteiger partial charge in [-0.05, 0) is 30.7 Å². The average Bonchev–Trinajstić information content (AvgIpc) is 2.53. The molecule has 0 N–H and O–H groups in total. The summed E-state index contributed by atoms with van der Waals surface area (Å²) in [7, 11) is 4.10. The van der Waals surface area contributed by atoms with E-state index in [4.69, 9.17) is 0 Å². The van der Waals surface area contributed by atoms with Crippen LogP contribution in [0.4, 0.5) is 17.1 Å². The third-order valence-corrected chi connectivity index (χ3v) is 3.74. The summed E-state index contributed by atoms with van der Waals surface area (Å²) in [6, 6.07) is 20.4. The van der Waals surface area contributed by atoms with Crippen molar-refractivity contribution in [2.24, 2.45) is 10.2 Å². The van der Waals surface area contributed by atoms with Gasteiger partial charge < -0.3 is 4.90 Å². The molecule has 0 amide bonds. The summed E-state index contributed by atoms with van der Waals surface area (Å²) in [5.41, 5.74) is 4.11. The second-order valence-electron chi connectivity index (χ2n) is 5.53. The molecule has 0 aliphatic carbocycles. The summed E-state index contributed by atoms with van der Waals surface area (Å²) in [5, 5.41) is 11.2. The highest BCUT2D eigenvalue weighted by molar-refractivity contribution is 6.01. The van der Waals surface area contributed by atoms with Crippen molar-refractivity contribution in [2.75, 3.05) is 19.0 Å². The number of rotatable bonds is 3. The molecule has 0 spiro atoms. The van der Waals surface area contributed by atoms with Gasteiger partial charge in [0.1, 0.15) is 0 Å². The van der Waals surface area contributed by atoms with Crippen molar-refractivity contribution in [2.45, 2.75) is 6.92 Å². The van der Waals surface area contributed by atoms with Crippen molar-refractivity contribution < 1.29 is 0 Å². The van der Waals surface area contributed by atoms with E-state index in [1.165, 1.54) is 11.1 Å². The van der Waals surface area contributed by atoms with E-state index in [9.17, 15) is 0 Å². The zero-order valence-electron chi connectivity index (χ0n) is 13.1. The summed E-state index contributed by atoms with van der Waals surface area (Å²) >= 11 is 0. The lowest BCUT2D eigenvalue weighted by molar-refractivity contribution is 1.14. The fraction of sp³-hybridized carbons (Fsp3) is 0.158. The quantitative estimate of drug-likeness (QED) is 0.574. The molecule has 110 valence electrons. The highest BCUT2D eigenvalue weighted by Crippen LogP contribution is 2.34. The van der Waals surface area contributed by atoms with Crippen molar-refractivity contribution in [1.82, 2.24) is 0 Å². The normalized spacial score (nSPS) is 11.2. The molecule has 3 aromatic rings. The minimum atomic E-state index is 0.893. The van der Waals surface area contributed by atoms with Gasteiger partial charge in [-0.3, -0.25) is 0 Å². The van der Waals surface area contributed by atoms with Crippen molar-refractivity contribution in [3.63, 3.8) is 0 Å². The topological polar surface area (TPSA) is 28.0 Å². The maximum absolute atomic E-state index is 4.47. The van der Waals surface area contributed by atoms with Crippen LogP contribution in [0.25, 0.3) is 10.8 Å². The van der Waals surface area contributed by atoms with Crippen LogP contribution in [0.5, 0.6) is 0 Å². The maximum Gasteiger partial charge on any atom is 0.0936 e. The first-order valence-electron chi connectivity index (χ1n) is 7.33. The molecule has 3 heteroatoms. The zero-order chi connectivity index (χ0) is 15.5. The molecule has 3 nitrogen and oxygen atoms in total. The van der Waals surface area contributed by atoms with E-state index in [1.54, 1.807) is 0 Å². The highest BCUT2D eigenvalue weighted by atomic mass is 15.1. The van der Waals surface area contributed by atoms with Crippen LogP contribution >= 0.6 is 0 Å². The Bertz CT molecular complexity index is 835. The van der Waals surface area contributed by atoms with Gasteiger partial charge in [-0.2, -0.15) is 5.11 Å². The third kappa shape index (κ3) is 2.70. The Morgan fingerprint density at radius 1 is 0.682 bits per heavy atom. The first-order valence-corrected chi connectivity index (χ1v) is 7.33. The molecule has 0 fully saturated rings. The summed E-state index contributed by atoms with van der Waals surface area (Å²) < 4.78 is 0. The molecule has 0 aromatic heterocycles. The summed E-state index contributed by atoms with van der Waals surface area (Å²) in [5.74, 6) is 0. The average molecular weight is 289 g/mol. The molecular weight excluding hydrogens is 270 g/mol. The molecule has 22 heavy (non-hydrogen) atoms. The van der Waals surface area contributed by atoms with Gasteiger partial charge in [0.05, 0.1) is 11.4 Å². The minimum Gasteiger partial charge on any atom is -0.377 e. The Kier molecular flexibility index (Phi) is 3.88. The fourth-order valence-corrected chi connectivity index (χ4v) is 2.53. The molecule has 0 aliphatic rings. The molecule has 3 rings (SSSR count). The summed E-state index contributed by atoms with van der Waals surface area (Å²) in [6.45, 7) is 2.04. The van der Waals surface area contributed by atoms with E-state index in [0.717, 1.165) is 22.3 Å². The number of nitrogens with zero attached hydrogens (tertiary/aromatic N) is 3. The number of hydrogen-bond donors (Lipinski definition) is 0. The van der Waals surface area contributed by atoms with Crippen LogP contribution in [-0.2, 0) is 0 Å². The van der Waals surface area contributed by atoms with E-state index < -0.39 is 0 Å². The van der Waals surface area contributed by atoms with Gasteiger partial charge >= 0.3 is 0 Å². The van der Waals surface area contributed by atoms with Gasteiger partial charge in [-0.15, -0.1) is 5.11 Å². The number of anilines is 1. The largest absolute Gasteiger partial charge is 0.377 e.